The standard InChI is InChI=1S/C23H31NO4S/c1-15(2)16(3)24-21(25)13-27-23(26)22-19(14-29-17-9-5-4-6-10-17)18-11-7-8-12-20(18)28-22/h7-8,11-12,15-17H,4-6,9-10,13-14H2,1-3H3,(H,24,25)/t16-/m0/s1. The van der Waals surface area contributed by atoms with Crippen LogP contribution >= 0.6 is 11.8 Å². The topological polar surface area (TPSA) is 68.5 Å². The lowest BCUT2D eigenvalue weighted by Gasteiger charge is -2.20. The molecule has 1 aliphatic rings. The van der Waals surface area contributed by atoms with E-state index >= 15 is 0 Å². The number of furan rings is 1. The third-order valence-corrected chi connectivity index (χ3v) is 7.02. The average molecular weight is 418 g/mol. The number of hydrogen-bond donors (Lipinski definition) is 1. The molecule has 0 aliphatic heterocycles. The zero-order valence-corrected chi connectivity index (χ0v) is 18.3. The number of carbonyl (C=O) groups excluding carboxylic acids is 2. The fourth-order valence-electron chi connectivity index (χ4n) is 3.50. The van der Waals surface area contributed by atoms with Crippen molar-refractivity contribution in [3.8, 4) is 0 Å². The molecule has 0 radical (unpaired) electrons. The Hall–Kier alpha value is -1.95. The summed E-state index contributed by atoms with van der Waals surface area (Å²) in [6.45, 7) is 5.69. The first kappa shape index (κ1) is 21.8. The number of hydrogen-bond acceptors (Lipinski definition) is 5. The number of para-hydroxylation sites is 1. The number of amides is 1. The molecule has 1 aromatic carbocycles. The van der Waals surface area contributed by atoms with Gasteiger partial charge >= 0.3 is 5.97 Å². The summed E-state index contributed by atoms with van der Waals surface area (Å²) in [6.07, 6.45) is 6.34. The Bertz CT molecular complexity index is 839. The van der Waals surface area contributed by atoms with Gasteiger partial charge < -0.3 is 14.5 Å². The van der Waals surface area contributed by atoms with Crippen molar-refractivity contribution in [3.05, 3.63) is 35.6 Å². The van der Waals surface area contributed by atoms with Crippen LogP contribution in [0.1, 0.15) is 69.0 Å². The molecule has 1 fully saturated rings. The Kier molecular flexibility index (Phi) is 7.64. The molecule has 6 heteroatoms. The van der Waals surface area contributed by atoms with Crippen LogP contribution in [-0.4, -0.2) is 29.8 Å². The molecule has 0 bridgehead atoms. The molecule has 5 nitrogen and oxygen atoms in total. The van der Waals surface area contributed by atoms with Gasteiger partial charge in [-0.15, -0.1) is 0 Å². The van der Waals surface area contributed by atoms with E-state index in [2.05, 4.69) is 5.32 Å². The molecular formula is C23H31NO4S. The summed E-state index contributed by atoms with van der Waals surface area (Å²) in [5.74, 6) is 0.372. The first-order chi connectivity index (χ1) is 14.0. The summed E-state index contributed by atoms with van der Waals surface area (Å²) in [6, 6.07) is 7.69. The lowest BCUT2D eigenvalue weighted by atomic mass is 10.0. The number of benzene rings is 1. The van der Waals surface area contributed by atoms with Crippen LogP contribution in [0.4, 0.5) is 0 Å². The Morgan fingerprint density at radius 2 is 1.90 bits per heavy atom. The fourth-order valence-corrected chi connectivity index (χ4v) is 4.85. The van der Waals surface area contributed by atoms with E-state index in [4.69, 9.17) is 9.15 Å². The van der Waals surface area contributed by atoms with Gasteiger partial charge in [-0.05, 0) is 31.7 Å². The lowest BCUT2D eigenvalue weighted by Crippen LogP contribution is -2.38. The molecule has 1 aromatic heterocycles. The molecule has 2 aromatic rings. The summed E-state index contributed by atoms with van der Waals surface area (Å²) < 4.78 is 11.1. The molecule has 29 heavy (non-hydrogen) atoms. The molecular weight excluding hydrogens is 386 g/mol. The first-order valence-electron chi connectivity index (χ1n) is 10.5. The lowest BCUT2D eigenvalue weighted by molar-refractivity contribution is -0.125. The maximum atomic E-state index is 12.7. The van der Waals surface area contributed by atoms with E-state index in [0.717, 1.165) is 10.9 Å². The quantitative estimate of drug-likeness (QED) is 0.589. The van der Waals surface area contributed by atoms with E-state index < -0.39 is 5.97 Å². The first-order valence-corrected chi connectivity index (χ1v) is 11.6. The molecule has 0 spiro atoms. The van der Waals surface area contributed by atoms with Crippen LogP contribution in [0.5, 0.6) is 0 Å². The van der Waals surface area contributed by atoms with E-state index in [1.165, 1.54) is 32.1 Å². The van der Waals surface area contributed by atoms with Gasteiger partial charge in [-0.25, -0.2) is 4.79 Å². The minimum Gasteiger partial charge on any atom is -0.450 e. The number of carbonyl (C=O) groups is 2. The molecule has 1 heterocycles. The van der Waals surface area contributed by atoms with Gasteiger partial charge in [-0.3, -0.25) is 4.79 Å². The SMILES string of the molecule is CC(C)[C@H](C)NC(=O)COC(=O)c1oc2ccccc2c1CSC1CCCCC1. The summed E-state index contributed by atoms with van der Waals surface area (Å²) in [5.41, 5.74) is 1.55. The minimum absolute atomic E-state index is 0.0230. The monoisotopic (exact) mass is 417 g/mol. The molecule has 0 unspecified atom stereocenters. The summed E-state index contributed by atoms with van der Waals surface area (Å²) in [4.78, 5) is 24.8. The van der Waals surface area contributed by atoms with Crippen LogP contribution in [0.2, 0.25) is 0 Å². The fraction of sp³-hybridized carbons (Fsp3) is 0.565. The Labute approximate surface area is 176 Å². The molecule has 3 rings (SSSR count). The summed E-state index contributed by atoms with van der Waals surface area (Å²) in [5, 5.41) is 4.42. The van der Waals surface area contributed by atoms with Gasteiger partial charge in [0.1, 0.15) is 5.58 Å². The third kappa shape index (κ3) is 5.78. The normalized spacial score (nSPS) is 16.1. The van der Waals surface area contributed by atoms with E-state index in [1.807, 2.05) is 56.8 Å². The molecule has 1 aliphatic carbocycles. The second kappa shape index (κ2) is 10.2. The van der Waals surface area contributed by atoms with Crippen molar-refractivity contribution in [1.29, 1.82) is 0 Å². The van der Waals surface area contributed by atoms with Crippen LogP contribution in [0.25, 0.3) is 11.0 Å². The van der Waals surface area contributed by atoms with Crippen LogP contribution in [0.15, 0.2) is 28.7 Å². The van der Waals surface area contributed by atoms with Crippen LogP contribution in [-0.2, 0) is 15.3 Å². The van der Waals surface area contributed by atoms with Gasteiger partial charge in [0.05, 0.1) is 0 Å². The number of fused-ring (bicyclic) bond motifs is 1. The minimum atomic E-state index is -0.576. The Morgan fingerprint density at radius 3 is 2.62 bits per heavy atom. The zero-order chi connectivity index (χ0) is 20.8. The van der Waals surface area contributed by atoms with E-state index in [9.17, 15) is 9.59 Å². The predicted octanol–water partition coefficient (Wildman–Crippen LogP) is 5.32. The van der Waals surface area contributed by atoms with Crippen molar-refractivity contribution in [2.75, 3.05) is 6.61 Å². The molecule has 158 valence electrons. The highest BCUT2D eigenvalue weighted by Gasteiger charge is 2.24. The molecule has 1 saturated carbocycles. The number of nitrogens with one attached hydrogen (secondary N) is 1. The van der Waals surface area contributed by atoms with Crippen LogP contribution in [0, 0.1) is 5.92 Å². The summed E-state index contributed by atoms with van der Waals surface area (Å²) in [7, 11) is 0. The van der Waals surface area contributed by atoms with Crippen molar-refractivity contribution in [2.24, 2.45) is 5.92 Å². The van der Waals surface area contributed by atoms with Crippen molar-refractivity contribution in [3.63, 3.8) is 0 Å². The van der Waals surface area contributed by atoms with Gasteiger partial charge in [0.15, 0.2) is 6.61 Å². The van der Waals surface area contributed by atoms with Gasteiger partial charge in [0.25, 0.3) is 5.91 Å². The molecule has 1 N–H and O–H groups in total. The second-order valence-electron chi connectivity index (χ2n) is 8.15. The number of ether oxygens (including phenoxy) is 1. The maximum Gasteiger partial charge on any atom is 0.375 e. The van der Waals surface area contributed by atoms with Crippen LogP contribution in [0.3, 0.4) is 0 Å². The van der Waals surface area contributed by atoms with Crippen molar-refractivity contribution < 1.29 is 18.7 Å². The highest BCUT2D eigenvalue weighted by atomic mass is 32.2. The van der Waals surface area contributed by atoms with Gasteiger partial charge in [0.2, 0.25) is 5.76 Å². The van der Waals surface area contributed by atoms with E-state index in [-0.39, 0.29) is 24.3 Å². The molecule has 1 atom stereocenters. The average Bonchev–Trinajstić information content (AvgIpc) is 3.10. The van der Waals surface area contributed by atoms with Gasteiger partial charge in [0, 0.05) is 28.0 Å². The van der Waals surface area contributed by atoms with Crippen molar-refractivity contribution >= 4 is 34.6 Å². The van der Waals surface area contributed by atoms with E-state index in [1.54, 1.807) is 0 Å². The van der Waals surface area contributed by atoms with E-state index in [0.29, 0.717) is 22.5 Å². The molecule has 0 saturated heterocycles. The zero-order valence-electron chi connectivity index (χ0n) is 17.5. The van der Waals surface area contributed by atoms with Gasteiger partial charge in [-0.1, -0.05) is 51.3 Å². The third-order valence-electron chi connectivity index (χ3n) is 5.62. The Morgan fingerprint density at radius 1 is 1.17 bits per heavy atom. The number of thioether (sulfide) groups is 1. The van der Waals surface area contributed by atoms with Gasteiger partial charge in [-0.2, -0.15) is 11.8 Å². The molecule has 1 amide bonds. The summed E-state index contributed by atoms with van der Waals surface area (Å²) >= 11 is 1.89. The highest BCUT2D eigenvalue weighted by molar-refractivity contribution is 7.99. The largest absolute Gasteiger partial charge is 0.450 e. The number of rotatable bonds is 8. The van der Waals surface area contributed by atoms with Crippen molar-refractivity contribution in [2.45, 2.75) is 69.9 Å². The Balaban J connectivity index is 1.68. The van der Waals surface area contributed by atoms with Crippen LogP contribution < -0.4 is 5.32 Å². The smallest absolute Gasteiger partial charge is 0.375 e. The highest BCUT2D eigenvalue weighted by Crippen LogP contribution is 2.35. The second-order valence-corrected chi connectivity index (χ2v) is 9.44. The maximum absolute atomic E-state index is 12.7. The van der Waals surface area contributed by atoms with Crippen molar-refractivity contribution in [1.82, 2.24) is 5.32 Å². The predicted molar refractivity (Wildman–Crippen MR) is 117 cm³/mol. The number of esters is 1.